The molecule has 0 aliphatic rings. The van der Waals surface area contributed by atoms with Crippen LogP contribution in [0.15, 0.2) is 23.4 Å². The van der Waals surface area contributed by atoms with E-state index in [1.54, 1.807) is 32.9 Å². The monoisotopic (exact) mass is 453 g/mol. The third-order valence-corrected chi connectivity index (χ3v) is 3.39. The van der Waals surface area contributed by atoms with Crippen LogP contribution < -0.4 is 16.2 Å². The second-order valence-electron chi connectivity index (χ2n) is 7.23. The first-order chi connectivity index (χ1) is 15.3. The minimum atomic E-state index is -0.637. The molecule has 1 aromatic rings. The largest absolute Gasteiger partial charge is 0.443 e. The number of carbonyl (C=O) groups excluding carboxylic acids is 2. The Morgan fingerprint density at radius 3 is 2.31 bits per heavy atom. The van der Waals surface area contributed by atoms with E-state index in [0.29, 0.717) is 64.1 Å². The fourth-order valence-corrected chi connectivity index (χ4v) is 2.05. The third-order valence-electron chi connectivity index (χ3n) is 3.39. The second kappa shape index (κ2) is 15.6. The average Bonchev–Trinajstić information content (AvgIpc) is 2.74. The standard InChI is InChI=1S/C19H31N7O6/c1-19(2,3)32-18(28)25-24-16-5-4-15(14-22-16)17(27)21-6-8-29-10-12-31-13-11-30-9-7-23-26-20/h4-5,14H,6-13H2,1-3H3,(H,21,27)(H,22,24)(H,25,28). The number of aromatic nitrogens is 1. The molecule has 1 aromatic heterocycles. The van der Waals surface area contributed by atoms with Crippen molar-refractivity contribution in [3.8, 4) is 0 Å². The van der Waals surface area contributed by atoms with Crippen molar-refractivity contribution in [3.05, 3.63) is 34.3 Å². The molecule has 0 saturated heterocycles. The highest BCUT2D eigenvalue weighted by Crippen LogP contribution is 2.07. The fraction of sp³-hybridized carbons (Fsp3) is 0.632. The summed E-state index contributed by atoms with van der Waals surface area (Å²) in [6, 6.07) is 3.13. The molecular weight excluding hydrogens is 422 g/mol. The fourth-order valence-electron chi connectivity index (χ4n) is 2.05. The van der Waals surface area contributed by atoms with Crippen molar-refractivity contribution in [2.75, 3.05) is 58.2 Å². The van der Waals surface area contributed by atoms with E-state index in [2.05, 4.69) is 31.2 Å². The summed E-state index contributed by atoms with van der Waals surface area (Å²) in [6.45, 7) is 8.23. The molecule has 0 bridgehead atoms. The van der Waals surface area contributed by atoms with Crippen molar-refractivity contribution in [1.29, 1.82) is 0 Å². The zero-order chi connectivity index (χ0) is 23.7. The molecule has 0 fully saturated rings. The Balaban J connectivity index is 2.08. The Bertz CT molecular complexity index is 733. The Morgan fingerprint density at radius 2 is 1.72 bits per heavy atom. The van der Waals surface area contributed by atoms with Crippen molar-refractivity contribution in [1.82, 2.24) is 15.7 Å². The molecule has 0 spiro atoms. The normalized spacial score (nSPS) is 10.7. The molecule has 1 rings (SSSR count). The maximum Gasteiger partial charge on any atom is 0.426 e. The zero-order valence-electron chi connectivity index (χ0n) is 18.6. The molecule has 0 aliphatic heterocycles. The minimum Gasteiger partial charge on any atom is -0.443 e. The summed E-state index contributed by atoms with van der Waals surface area (Å²) in [5.41, 5.74) is 12.8. The van der Waals surface area contributed by atoms with Gasteiger partial charge in [-0.1, -0.05) is 5.11 Å². The van der Waals surface area contributed by atoms with Gasteiger partial charge in [0.25, 0.3) is 5.91 Å². The third kappa shape index (κ3) is 14.0. The lowest BCUT2D eigenvalue weighted by Gasteiger charge is -2.19. The topological polar surface area (TPSA) is 169 Å². The van der Waals surface area contributed by atoms with Crippen LogP contribution in [-0.2, 0) is 18.9 Å². The minimum absolute atomic E-state index is 0.290. The summed E-state index contributed by atoms with van der Waals surface area (Å²) < 4.78 is 21.0. The maximum absolute atomic E-state index is 12.1. The summed E-state index contributed by atoms with van der Waals surface area (Å²) in [6.07, 6.45) is 0.750. The number of amides is 2. The van der Waals surface area contributed by atoms with Crippen LogP contribution in [0.1, 0.15) is 31.1 Å². The van der Waals surface area contributed by atoms with Gasteiger partial charge in [0.05, 0.1) is 45.2 Å². The highest BCUT2D eigenvalue weighted by molar-refractivity contribution is 5.94. The molecule has 0 radical (unpaired) electrons. The molecule has 0 unspecified atom stereocenters. The predicted octanol–water partition coefficient (Wildman–Crippen LogP) is 2.02. The van der Waals surface area contributed by atoms with Crippen molar-refractivity contribution >= 4 is 17.8 Å². The first-order valence-corrected chi connectivity index (χ1v) is 10.0. The van der Waals surface area contributed by atoms with Gasteiger partial charge < -0.3 is 24.3 Å². The number of pyridine rings is 1. The summed E-state index contributed by atoms with van der Waals surface area (Å²) >= 11 is 0. The van der Waals surface area contributed by atoms with Gasteiger partial charge in [0.1, 0.15) is 11.4 Å². The smallest absolute Gasteiger partial charge is 0.426 e. The number of hydrogen-bond donors (Lipinski definition) is 3. The Kier molecular flexibility index (Phi) is 13.2. The van der Waals surface area contributed by atoms with Crippen molar-refractivity contribution in [3.63, 3.8) is 0 Å². The number of nitrogens with one attached hydrogen (secondary N) is 3. The van der Waals surface area contributed by atoms with Gasteiger partial charge >= 0.3 is 6.09 Å². The molecule has 2 amide bonds. The van der Waals surface area contributed by atoms with Gasteiger partial charge in [0.2, 0.25) is 0 Å². The molecule has 0 aliphatic carbocycles. The maximum atomic E-state index is 12.1. The van der Waals surface area contributed by atoms with E-state index in [9.17, 15) is 9.59 Å². The van der Waals surface area contributed by atoms with Crippen molar-refractivity contribution in [2.24, 2.45) is 5.11 Å². The van der Waals surface area contributed by atoms with Crippen LogP contribution in [0.3, 0.4) is 0 Å². The number of ether oxygens (including phenoxy) is 4. The van der Waals surface area contributed by atoms with E-state index in [1.807, 2.05) is 0 Å². The number of azide groups is 1. The Morgan fingerprint density at radius 1 is 1.06 bits per heavy atom. The number of hydrazine groups is 1. The first kappa shape index (κ1) is 26.9. The molecule has 0 saturated carbocycles. The van der Waals surface area contributed by atoms with Gasteiger partial charge in [-0.15, -0.1) is 0 Å². The lowest BCUT2D eigenvalue weighted by Crippen LogP contribution is -2.36. The van der Waals surface area contributed by atoms with Crippen molar-refractivity contribution in [2.45, 2.75) is 26.4 Å². The van der Waals surface area contributed by atoms with E-state index in [4.69, 9.17) is 24.5 Å². The highest BCUT2D eigenvalue weighted by atomic mass is 16.6. The van der Waals surface area contributed by atoms with Crippen LogP contribution >= 0.6 is 0 Å². The second-order valence-corrected chi connectivity index (χ2v) is 7.23. The summed E-state index contributed by atoms with van der Waals surface area (Å²) in [5.74, 6) is 0.0682. The number of hydrogen-bond acceptors (Lipinski definition) is 9. The predicted molar refractivity (Wildman–Crippen MR) is 116 cm³/mol. The van der Waals surface area contributed by atoms with Crippen LogP contribution in [-0.4, -0.2) is 75.3 Å². The molecule has 0 atom stereocenters. The van der Waals surface area contributed by atoms with Gasteiger partial charge in [-0.05, 0) is 38.4 Å². The number of rotatable bonds is 15. The summed E-state index contributed by atoms with van der Waals surface area (Å²) in [4.78, 5) is 30.4. The van der Waals surface area contributed by atoms with Gasteiger partial charge in [-0.3, -0.25) is 10.2 Å². The zero-order valence-corrected chi connectivity index (χ0v) is 18.6. The molecule has 0 aromatic carbocycles. The number of anilines is 1. The lowest BCUT2D eigenvalue weighted by molar-refractivity contribution is 0.0166. The van der Waals surface area contributed by atoms with Gasteiger partial charge in [-0.25, -0.2) is 15.2 Å². The van der Waals surface area contributed by atoms with E-state index >= 15 is 0 Å². The van der Waals surface area contributed by atoms with E-state index in [1.165, 1.54) is 6.20 Å². The number of carbonyl (C=O) groups is 2. The molecule has 178 valence electrons. The average molecular weight is 454 g/mol. The van der Waals surface area contributed by atoms with E-state index < -0.39 is 11.7 Å². The first-order valence-electron chi connectivity index (χ1n) is 10.0. The summed E-state index contributed by atoms with van der Waals surface area (Å²) in [5, 5.41) is 6.07. The van der Waals surface area contributed by atoms with Crippen LogP contribution in [0.5, 0.6) is 0 Å². The van der Waals surface area contributed by atoms with Crippen LogP contribution in [0, 0.1) is 0 Å². The molecule has 13 heteroatoms. The number of nitrogens with zero attached hydrogens (tertiary/aromatic N) is 4. The van der Waals surface area contributed by atoms with E-state index in [-0.39, 0.29) is 5.91 Å². The molecule has 1 heterocycles. The Hall–Kier alpha value is -3.12. The van der Waals surface area contributed by atoms with Gasteiger partial charge in [-0.2, -0.15) is 0 Å². The van der Waals surface area contributed by atoms with Crippen molar-refractivity contribution < 1.29 is 28.5 Å². The lowest BCUT2D eigenvalue weighted by atomic mass is 10.2. The van der Waals surface area contributed by atoms with Gasteiger partial charge in [0.15, 0.2) is 0 Å². The van der Waals surface area contributed by atoms with Crippen LogP contribution in [0.4, 0.5) is 10.6 Å². The van der Waals surface area contributed by atoms with Gasteiger partial charge in [0, 0.05) is 24.2 Å². The van der Waals surface area contributed by atoms with Crippen LogP contribution in [0.2, 0.25) is 0 Å². The van der Waals surface area contributed by atoms with E-state index in [0.717, 1.165) is 0 Å². The molecule has 3 N–H and O–H groups in total. The molecule has 13 nitrogen and oxygen atoms in total. The van der Waals surface area contributed by atoms with Crippen LogP contribution in [0.25, 0.3) is 10.4 Å². The summed E-state index contributed by atoms with van der Waals surface area (Å²) in [7, 11) is 0. The highest BCUT2D eigenvalue weighted by Gasteiger charge is 2.15. The molecule has 32 heavy (non-hydrogen) atoms. The SMILES string of the molecule is CC(C)(C)OC(=O)NNc1ccc(C(=O)NCCOCCOCCOCCN=[N+]=[N-])cn1. The molecular formula is C19H31N7O6. The Labute approximate surface area is 186 Å². The quantitative estimate of drug-likeness (QED) is 0.119.